The molecule has 7 nitrogen and oxygen atoms in total. The van der Waals surface area contributed by atoms with Gasteiger partial charge in [-0.15, -0.1) is 0 Å². The van der Waals surface area contributed by atoms with Crippen LogP contribution >= 0.6 is 0 Å². The van der Waals surface area contributed by atoms with Crippen molar-refractivity contribution in [2.75, 3.05) is 0 Å². The molecule has 3 rings (SSSR count). The lowest BCUT2D eigenvalue weighted by atomic mass is 9.89. The van der Waals surface area contributed by atoms with Gasteiger partial charge in [-0.2, -0.15) is 0 Å². The average Bonchev–Trinajstić information content (AvgIpc) is 2.98. The summed E-state index contributed by atoms with van der Waals surface area (Å²) in [5.74, 6) is 0.488. The van der Waals surface area contributed by atoms with E-state index in [0.29, 0.717) is 11.6 Å². The lowest BCUT2D eigenvalue weighted by molar-refractivity contribution is 0.318. The van der Waals surface area contributed by atoms with Crippen LogP contribution in [0, 0.1) is 12.8 Å². The Balaban J connectivity index is 2.01. The molecule has 0 radical (unpaired) electrons. The van der Waals surface area contributed by atoms with Crippen molar-refractivity contribution < 1.29 is 16.8 Å². The zero-order chi connectivity index (χ0) is 23.0. The standard InChI is InChI=1S/C22H33N3O4S2/c1-16-21(30(23,26)27)14-20(25(16)15-17-8-6-5-7-9-17)18-10-12-19(13-11-18)31(28,29)24-22(2,3)4/h10-14,17,24H,5-9,15H2,1-4H3,(H2,23,26,27). The molecule has 9 heteroatoms. The molecule has 0 spiro atoms. The minimum absolute atomic E-state index is 0.115. The van der Waals surface area contributed by atoms with Crippen molar-refractivity contribution >= 4 is 20.0 Å². The lowest BCUT2D eigenvalue weighted by Gasteiger charge is -2.24. The normalized spacial score (nSPS) is 16.5. The highest BCUT2D eigenvalue weighted by atomic mass is 32.2. The van der Waals surface area contributed by atoms with E-state index < -0.39 is 25.6 Å². The van der Waals surface area contributed by atoms with Crippen molar-refractivity contribution in [3.05, 3.63) is 36.0 Å². The van der Waals surface area contributed by atoms with Crippen LogP contribution in [0.3, 0.4) is 0 Å². The van der Waals surface area contributed by atoms with E-state index in [9.17, 15) is 16.8 Å². The summed E-state index contributed by atoms with van der Waals surface area (Å²) in [6, 6.07) is 8.14. The first-order valence-corrected chi connectivity index (χ1v) is 13.7. The maximum Gasteiger partial charge on any atom is 0.241 e. The fourth-order valence-electron chi connectivity index (χ4n) is 4.28. The molecule has 2 aromatic rings. The van der Waals surface area contributed by atoms with E-state index in [-0.39, 0.29) is 9.79 Å². The summed E-state index contributed by atoms with van der Waals surface area (Å²) in [4.78, 5) is 0.282. The Morgan fingerprint density at radius 2 is 1.61 bits per heavy atom. The molecule has 1 saturated carbocycles. The second-order valence-corrected chi connectivity index (χ2v) is 12.7. The Morgan fingerprint density at radius 1 is 1.03 bits per heavy atom. The van der Waals surface area contributed by atoms with Crippen molar-refractivity contribution in [2.45, 2.75) is 81.7 Å². The highest BCUT2D eigenvalue weighted by Gasteiger charge is 2.25. The smallest absolute Gasteiger partial charge is 0.241 e. The van der Waals surface area contributed by atoms with Gasteiger partial charge in [0, 0.05) is 23.5 Å². The molecular formula is C22H33N3O4S2. The van der Waals surface area contributed by atoms with Crippen LogP contribution in [0.2, 0.25) is 0 Å². The fourth-order valence-corrected chi connectivity index (χ4v) is 6.49. The van der Waals surface area contributed by atoms with Gasteiger partial charge in [-0.25, -0.2) is 26.7 Å². The van der Waals surface area contributed by atoms with E-state index in [1.165, 1.54) is 19.3 Å². The quantitative estimate of drug-likeness (QED) is 0.673. The monoisotopic (exact) mass is 467 g/mol. The van der Waals surface area contributed by atoms with E-state index in [2.05, 4.69) is 4.72 Å². The highest BCUT2D eigenvalue weighted by molar-refractivity contribution is 7.89. The first kappa shape index (κ1) is 24.0. The van der Waals surface area contributed by atoms with Crippen LogP contribution in [-0.4, -0.2) is 26.9 Å². The van der Waals surface area contributed by atoms with Crippen LogP contribution in [0.4, 0.5) is 0 Å². The fraction of sp³-hybridized carbons (Fsp3) is 0.545. The van der Waals surface area contributed by atoms with Crippen LogP contribution in [0.1, 0.15) is 58.6 Å². The molecule has 172 valence electrons. The molecule has 1 aromatic carbocycles. The number of nitrogens with one attached hydrogen (secondary N) is 1. The SMILES string of the molecule is Cc1c(S(N)(=O)=O)cc(-c2ccc(S(=O)(=O)NC(C)(C)C)cc2)n1CC1CCCCC1. The summed E-state index contributed by atoms with van der Waals surface area (Å²) in [5, 5.41) is 5.46. The lowest BCUT2D eigenvalue weighted by Crippen LogP contribution is -2.40. The Labute approximate surface area is 186 Å². The Hall–Kier alpha value is -1.68. The van der Waals surface area contributed by atoms with Crippen molar-refractivity contribution in [1.82, 2.24) is 9.29 Å². The number of aromatic nitrogens is 1. The number of benzene rings is 1. The summed E-state index contributed by atoms with van der Waals surface area (Å²) < 4.78 is 54.1. The van der Waals surface area contributed by atoms with E-state index in [1.807, 2.05) is 4.57 Å². The third-order valence-corrected chi connectivity index (χ3v) is 8.49. The summed E-state index contributed by atoms with van der Waals surface area (Å²) in [6.07, 6.45) is 5.87. The van der Waals surface area contributed by atoms with E-state index in [4.69, 9.17) is 5.14 Å². The Morgan fingerprint density at radius 3 is 2.13 bits per heavy atom. The van der Waals surface area contributed by atoms with Crippen molar-refractivity contribution in [2.24, 2.45) is 11.1 Å². The van der Waals surface area contributed by atoms with Crippen LogP contribution in [-0.2, 0) is 26.6 Å². The topological polar surface area (TPSA) is 111 Å². The minimum atomic E-state index is -3.86. The van der Waals surface area contributed by atoms with Gasteiger partial charge in [0.25, 0.3) is 0 Å². The van der Waals surface area contributed by atoms with Crippen molar-refractivity contribution in [3.8, 4) is 11.3 Å². The third-order valence-electron chi connectivity index (χ3n) is 5.69. The van der Waals surface area contributed by atoms with Crippen LogP contribution in [0.15, 0.2) is 40.1 Å². The molecule has 0 atom stereocenters. The summed E-state index contributed by atoms with van der Waals surface area (Å²) in [7, 11) is -7.51. The summed E-state index contributed by atoms with van der Waals surface area (Å²) in [5.41, 5.74) is 1.52. The highest BCUT2D eigenvalue weighted by Crippen LogP contribution is 2.33. The molecule has 31 heavy (non-hydrogen) atoms. The first-order valence-electron chi connectivity index (χ1n) is 10.7. The third kappa shape index (κ3) is 5.77. The predicted octanol–water partition coefficient (Wildman–Crippen LogP) is 3.77. The first-order chi connectivity index (χ1) is 14.3. The Bertz CT molecular complexity index is 1140. The van der Waals surface area contributed by atoms with E-state index >= 15 is 0 Å². The maximum absolute atomic E-state index is 12.6. The number of hydrogen-bond acceptors (Lipinski definition) is 4. The van der Waals surface area contributed by atoms with Crippen molar-refractivity contribution in [1.29, 1.82) is 0 Å². The zero-order valence-corrected chi connectivity index (χ0v) is 20.3. The number of nitrogens with two attached hydrogens (primary N) is 1. The molecule has 0 aliphatic heterocycles. The average molecular weight is 468 g/mol. The number of primary sulfonamides is 1. The molecule has 1 heterocycles. The van der Waals surface area contributed by atoms with Crippen molar-refractivity contribution in [3.63, 3.8) is 0 Å². The van der Waals surface area contributed by atoms with Gasteiger partial charge < -0.3 is 4.57 Å². The zero-order valence-electron chi connectivity index (χ0n) is 18.7. The molecule has 0 saturated heterocycles. The van der Waals surface area contributed by atoms with Gasteiger partial charge in [0.1, 0.15) is 4.90 Å². The molecule has 0 amide bonds. The van der Waals surface area contributed by atoms with E-state index in [1.54, 1.807) is 58.0 Å². The van der Waals surface area contributed by atoms with Crippen LogP contribution in [0.5, 0.6) is 0 Å². The Kier molecular flexibility index (Phi) is 6.72. The number of rotatable bonds is 6. The van der Waals surface area contributed by atoms with Gasteiger partial charge in [-0.3, -0.25) is 0 Å². The van der Waals surface area contributed by atoms with Gasteiger partial charge in [-0.05, 0) is 70.2 Å². The summed E-state index contributed by atoms with van der Waals surface area (Å²) >= 11 is 0. The molecule has 0 unspecified atom stereocenters. The van der Waals surface area contributed by atoms with E-state index in [0.717, 1.165) is 30.6 Å². The molecule has 1 fully saturated rings. The van der Waals surface area contributed by atoms with Crippen LogP contribution in [0.25, 0.3) is 11.3 Å². The molecule has 0 bridgehead atoms. The minimum Gasteiger partial charge on any atom is -0.343 e. The molecule has 3 N–H and O–H groups in total. The van der Waals surface area contributed by atoms with Gasteiger partial charge in [0.15, 0.2) is 0 Å². The molecule has 1 aliphatic carbocycles. The second kappa shape index (κ2) is 8.69. The predicted molar refractivity (Wildman–Crippen MR) is 123 cm³/mol. The number of nitrogens with zero attached hydrogens (tertiary/aromatic N) is 1. The van der Waals surface area contributed by atoms with Gasteiger partial charge in [0.2, 0.25) is 20.0 Å². The van der Waals surface area contributed by atoms with Gasteiger partial charge >= 0.3 is 0 Å². The number of sulfonamides is 2. The van der Waals surface area contributed by atoms with Gasteiger partial charge in [0.05, 0.1) is 4.90 Å². The van der Waals surface area contributed by atoms with Gasteiger partial charge in [-0.1, -0.05) is 31.4 Å². The van der Waals surface area contributed by atoms with Crippen LogP contribution < -0.4 is 9.86 Å². The largest absolute Gasteiger partial charge is 0.343 e. The maximum atomic E-state index is 12.6. The molecule has 1 aromatic heterocycles. The second-order valence-electron chi connectivity index (χ2n) is 9.52. The molecular weight excluding hydrogens is 434 g/mol. The molecule has 1 aliphatic rings. The summed E-state index contributed by atoms with van der Waals surface area (Å²) in [6.45, 7) is 7.86. The number of hydrogen-bond donors (Lipinski definition) is 2.